The monoisotopic (exact) mass is 480 g/mol. The van der Waals surface area contributed by atoms with Gasteiger partial charge in [-0.1, -0.05) is 30.1 Å². The van der Waals surface area contributed by atoms with Gasteiger partial charge >= 0.3 is 11.9 Å². The van der Waals surface area contributed by atoms with Crippen molar-refractivity contribution in [1.29, 1.82) is 0 Å². The number of carbonyl (C=O) groups is 4. The Hall–Kier alpha value is -3.10. The summed E-state index contributed by atoms with van der Waals surface area (Å²) in [6.07, 6.45) is 0.395. The molecule has 0 bridgehead atoms. The van der Waals surface area contributed by atoms with Gasteiger partial charge < -0.3 is 20.1 Å². The lowest BCUT2D eigenvalue weighted by molar-refractivity contribution is -0.147. The molecule has 0 atom stereocenters. The van der Waals surface area contributed by atoms with Crippen LogP contribution in [-0.4, -0.2) is 37.0 Å². The zero-order chi connectivity index (χ0) is 23.5. The molecule has 32 heavy (non-hydrogen) atoms. The Morgan fingerprint density at radius 2 is 1.47 bits per heavy atom. The molecule has 2 rings (SSSR count). The van der Waals surface area contributed by atoms with E-state index < -0.39 is 30.4 Å². The quantitative estimate of drug-likeness (QED) is 0.485. The lowest BCUT2D eigenvalue weighted by atomic mass is 10.2. The molecule has 2 aromatic carbocycles. The fourth-order valence-electron chi connectivity index (χ4n) is 2.40. The SMILES string of the molecule is CCCOC(=O)c1ccc(NC(=O)COC(=O)CCC(=O)Nc2ccc(Cl)c(Cl)c2)cc1. The van der Waals surface area contributed by atoms with Crippen LogP contribution in [0.2, 0.25) is 10.0 Å². The average molecular weight is 481 g/mol. The second kappa shape index (κ2) is 12.7. The zero-order valence-corrected chi connectivity index (χ0v) is 18.8. The Balaban J connectivity index is 1.69. The number of rotatable bonds is 10. The van der Waals surface area contributed by atoms with Crippen molar-refractivity contribution in [3.05, 3.63) is 58.1 Å². The molecule has 0 aliphatic carbocycles. The predicted octanol–water partition coefficient (Wildman–Crippen LogP) is 4.46. The molecule has 0 fully saturated rings. The van der Waals surface area contributed by atoms with E-state index in [1.165, 1.54) is 36.4 Å². The van der Waals surface area contributed by atoms with E-state index in [-0.39, 0.29) is 12.8 Å². The maximum atomic E-state index is 11.9. The minimum atomic E-state index is -0.696. The van der Waals surface area contributed by atoms with Gasteiger partial charge in [0.25, 0.3) is 5.91 Å². The van der Waals surface area contributed by atoms with Crippen molar-refractivity contribution in [2.45, 2.75) is 26.2 Å². The van der Waals surface area contributed by atoms with Crippen LogP contribution in [0.4, 0.5) is 11.4 Å². The van der Waals surface area contributed by atoms with Gasteiger partial charge in [0.1, 0.15) is 0 Å². The van der Waals surface area contributed by atoms with Crippen molar-refractivity contribution >= 4 is 58.3 Å². The average Bonchev–Trinajstić information content (AvgIpc) is 2.77. The minimum Gasteiger partial charge on any atom is -0.462 e. The van der Waals surface area contributed by atoms with Gasteiger partial charge in [-0.2, -0.15) is 0 Å². The van der Waals surface area contributed by atoms with Crippen LogP contribution in [0.25, 0.3) is 0 Å². The van der Waals surface area contributed by atoms with Gasteiger partial charge in [-0.15, -0.1) is 0 Å². The minimum absolute atomic E-state index is 0.129. The van der Waals surface area contributed by atoms with Crippen molar-refractivity contribution in [3.63, 3.8) is 0 Å². The normalized spacial score (nSPS) is 10.2. The number of benzene rings is 2. The van der Waals surface area contributed by atoms with Gasteiger partial charge in [0.05, 0.1) is 28.6 Å². The van der Waals surface area contributed by atoms with Gasteiger partial charge in [0, 0.05) is 17.8 Å². The van der Waals surface area contributed by atoms with Crippen LogP contribution in [0.1, 0.15) is 36.5 Å². The fraction of sp³-hybridized carbons (Fsp3) is 0.273. The number of hydrogen-bond donors (Lipinski definition) is 2. The van der Waals surface area contributed by atoms with E-state index in [9.17, 15) is 19.2 Å². The highest BCUT2D eigenvalue weighted by Gasteiger charge is 2.12. The molecule has 0 aromatic heterocycles. The highest BCUT2D eigenvalue weighted by Crippen LogP contribution is 2.25. The summed E-state index contributed by atoms with van der Waals surface area (Å²) >= 11 is 11.7. The van der Waals surface area contributed by atoms with E-state index in [0.717, 1.165) is 6.42 Å². The van der Waals surface area contributed by atoms with Crippen LogP contribution >= 0.6 is 23.2 Å². The van der Waals surface area contributed by atoms with Crippen LogP contribution in [0, 0.1) is 0 Å². The number of amides is 2. The Morgan fingerprint density at radius 1 is 0.812 bits per heavy atom. The molecular weight excluding hydrogens is 459 g/mol. The number of hydrogen-bond acceptors (Lipinski definition) is 6. The van der Waals surface area contributed by atoms with Gasteiger partial charge in [-0.25, -0.2) is 4.79 Å². The Kier molecular flexibility index (Phi) is 9.97. The highest BCUT2D eigenvalue weighted by atomic mass is 35.5. The molecule has 0 unspecified atom stereocenters. The summed E-state index contributed by atoms with van der Waals surface area (Å²) in [7, 11) is 0. The number of nitrogens with one attached hydrogen (secondary N) is 2. The second-order valence-corrected chi connectivity index (χ2v) is 7.41. The maximum absolute atomic E-state index is 11.9. The molecule has 170 valence electrons. The summed E-state index contributed by atoms with van der Waals surface area (Å²) in [5.74, 6) is -2.11. The Labute approximate surface area is 195 Å². The number of carbonyl (C=O) groups excluding carboxylic acids is 4. The zero-order valence-electron chi connectivity index (χ0n) is 17.3. The third kappa shape index (κ3) is 8.56. The molecule has 2 amide bonds. The molecule has 0 saturated carbocycles. The molecule has 2 N–H and O–H groups in total. The van der Waals surface area contributed by atoms with Gasteiger partial charge in [0.2, 0.25) is 5.91 Å². The van der Waals surface area contributed by atoms with Crippen molar-refractivity contribution in [2.75, 3.05) is 23.8 Å². The van der Waals surface area contributed by atoms with Crippen molar-refractivity contribution in [2.24, 2.45) is 0 Å². The summed E-state index contributed by atoms with van der Waals surface area (Å²) in [4.78, 5) is 47.4. The molecule has 8 nitrogen and oxygen atoms in total. The molecule has 0 heterocycles. The van der Waals surface area contributed by atoms with Crippen molar-refractivity contribution in [3.8, 4) is 0 Å². The summed E-state index contributed by atoms with van der Waals surface area (Å²) in [6, 6.07) is 10.7. The molecule has 0 aliphatic rings. The first-order chi connectivity index (χ1) is 15.3. The molecule has 2 aromatic rings. The van der Waals surface area contributed by atoms with Crippen LogP contribution < -0.4 is 10.6 Å². The summed E-state index contributed by atoms with van der Waals surface area (Å²) in [5.41, 5.74) is 1.24. The topological polar surface area (TPSA) is 111 Å². The van der Waals surface area contributed by atoms with E-state index in [2.05, 4.69) is 10.6 Å². The summed E-state index contributed by atoms with van der Waals surface area (Å²) < 4.78 is 9.90. The van der Waals surface area contributed by atoms with Gasteiger partial charge in [-0.05, 0) is 48.9 Å². The Morgan fingerprint density at radius 3 is 2.12 bits per heavy atom. The second-order valence-electron chi connectivity index (χ2n) is 6.60. The third-order valence-corrected chi connectivity index (χ3v) is 4.70. The maximum Gasteiger partial charge on any atom is 0.338 e. The lowest BCUT2D eigenvalue weighted by Gasteiger charge is -2.08. The summed E-state index contributed by atoms with van der Waals surface area (Å²) in [6.45, 7) is 1.72. The largest absolute Gasteiger partial charge is 0.462 e. The predicted molar refractivity (Wildman–Crippen MR) is 121 cm³/mol. The van der Waals surface area contributed by atoms with Crippen molar-refractivity contribution < 1.29 is 28.7 Å². The third-order valence-electron chi connectivity index (χ3n) is 3.97. The van der Waals surface area contributed by atoms with Crippen LogP contribution in [0.3, 0.4) is 0 Å². The van der Waals surface area contributed by atoms with E-state index in [0.29, 0.717) is 33.6 Å². The molecule has 10 heteroatoms. The molecule has 0 aliphatic heterocycles. The van der Waals surface area contributed by atoms with Crippen LogP contribution in [0.15, 0.2) is 42.5 Å². The standard InChI is InChI=1S/C22H22Cl2N2O6/c1-2-11-31-22(30)14-3-5-15(6-4-14)25-20(28)13-32-21(29)10-9-19(27)26-16-7-8-17(23)18(24)12-16/h3-8,12H,2,9-11,13H2,1H3,(H,25,28)(H,26,27). The van der Waals surface area contributed by atoms with E-state index in [1.807, 2.05) is 6.92 Å². The lowest BCUT2D eigenvalue weighted by Crippen LogP contribution is -2.21. The molecule has 0 radical (unpaired) electrons. The number of halogens is 2. The smallest absolute Gasteiger partial charge is 0.338 e. The van der Waals surface area contributed by atoms with Gasteiger partial charge in [0.15, 0.2) is 6.61 Å². The first-order valence-corrected chi connectivity index (χ1v) is 10.5. The number of ether oxygens (including phenoxy) is 2. The van der Waals surface area contributed by atoms with E-state index in [4.69, 9.17) is 32.7 Å². The first-order valence-electron chi connectivity index (χ1n) is 9.76. The molecular formula is C22H22Cl2N2O6. The molecule has 0 spiro atoms. The first kappa shape index (κ1) is 25.2. The van der Waals surface area contributed by atoms with E-state index in [1.54, 1.807) is 6.07 Å². The van der Waals surface area contributed by atoms with Crippen molar-refractivity contribution in [1.82, 2.24) is 0 Å². The van der Waals surface area contributed by atoms with Gasteiger partial charge in [-0.3, -0.25) is 14.4 Å². The number of esters is 2. The Bertz CT molecular complexity index is 979. The molecule has 0 saturated heterocycles. The number of anilines is 2. The van der Waals surface area contributed by atoms with Crippen LogP contribution in [0.5, 0.6) is 0 Å². The fourth-order valence-corrected chi connectivity index (χ4v) is 2.69. The van der Waals surface area contributed by atoms with Crippen LogP contribution in [-0.2, 0) is 23.9 Å². The van der Waals surface area contributed by atoms with E-state index >= 15 is 0 Å². The highest BCUT2D eigenvalue weighted by molar-refractivity contribution is 6.42. The summed E-state index contributed by atoms with van der Waals surface area (Å²) in [5, 5.41) is 5.78.